The molecule has 2 N–H and O–H groups in total. The van der Waals surface area contributed by atoms with Gasteiger partial charge in [-0.05, 0) is 50.8 Å². The van der Waals surface area contributed by atoms with E-state index in [2.05, 4.69) is 14.8 Å². The van der Waals surface area contributed by atoms with Crippen molar-refractivity contribution in [2.75, 3.05) is 43.4 Å². The van der Waals surface area contributed by atoms with Crippen LogP contribution in [0.4, 0.5) is 33.5 Å². The lowest BCUT2D eigenvalue weighted by Gasteiger charge is -2.36. The van der Waals surface area contributed by atoms with Crippen molar-refractivity contribution in [2.24, 2.45) is 0 Å². The molecule has 6 heterocycles. The number of ether oxygens (including phenoxy) is 3. The van der Waals surface area contributed by atoms with Gasteiger partial charge in [0.1, 0.15) is 18.6 Å². The molecular formula is C29H34F5N5O3. The number of nitrogen functional groups attached to an aromatic ring is 1. The third-order valence-electron chi connectivity index (χ3n) is 9.56. The molecule has 5 aliphatic rings. The van der Waals surface area contributed by atoms with E-state index in [-0.39, 0.29) is 49.1 Å². The van der Waals surface area contributed by atoms with Gasteiger partial charge in [-0.3, -0.25) is 4.90 Å². The lowest BCUT2D eigenvalue weighted by atomic mass is 9.91. The maximum Gasteiger partial charge on any atom is 0.417 e. The van der Waals surface area contributed by atoms with Crippen molar-refractivity contribution in [1.82, 2.24) is 14.9 Å². The van der Waals surface area contributed by atoms with Gasteiger partial charge in [0.2, 0.25) is 0 Å². The van der Waals surface area contributed by atoms with E-state index >= 15 is 4.39 Å². The lowest BCUT2D eigenvalue weighted by Crippen LogP contribution is -2.44. The van der Waals surface area contributed by atoms with Crippen LogP contribution in [0.2, 0.25) is 0 Å². The van der Waals surface area contributed by atoms with Crippen molar-refractivity contribution in [1.29, 1.82) is 0 Å². The number of hydrogen-bond acceptors (Lipinski definition) is 8. The quantitative estimate of drug-likeness (QED) is 0.395. The summed E-state index contributed by atoms with van der Waals surface area (Å²) in [5.41, 5.74) is 4.18. The number of hydrogen-bond donors (Lipinski definition) is 1. The summed E-state index contributed by atoms with van der Waals surface area (Å²) in [5, 5.41) is 0. The highest BCUT2D eigenvalue weighted by Crippen LogP contribution is 2.45. The molecule has 0 radical (unpaired) electrons. The second kappa shape index (κ2) is 10.2. The number of aromatic nitrogens is 2. The lowest BCUT2D eigenvalue weighted by molar-refractivity contribution is -0.140. The SMILES string of the molecule is Cc1cc(N)c(F)c(C2Cc3nc(OCC45CCCN4CC(F)C5)nc(N4CC5CCC(C4)O5)c3CO2)c1C(F)(F)F. The Morgan fingerprint density at radius 2 is 1.93 bits per heavy atom. The van der Waals surface area contributed by atoms with Gasteiger partial charge in [0.15, 0.2) is 5.82 Å². The zero-order valence-electron chi connectivity index (χ0n) is 23.4. The van der Waals surface area contributed by atoms with Gasteiger partial charge in [-0.25, -0.2) is 8.78 Å². The molecule has 5 aliphatic heterocycles. The standard InChI is InChI=1S/C29H34F5N5O3/c1-15-7-20(35)25(31)23(24(15)29(32,33)34)22-8-21-19(13-40-22)26(38-11-17-3-4-18(12-38)42-17)37-27(36-21)41-14-28-5-2-6-39(28)10-16(30)9-28/h7,16-18,22H,2-6,8-14,35H2,1H3. The van der Waals surface area contributed by atoms with E-state index in [4.69, 9.17) is 24.9 Å². The number of aryl methyl sites for hydroxylation is 1. The van der Waals surface area contributed by atoms with Crippen LogP contribution in [-0.4, -0.2) is 71.6 Å². The fraction of sp³-hybridized carbons (Fsp3) is 0.655. The molecule has 13 heteroatoms. The molecule has 0 saturated carbocycles. The number of fused-ring (bicyclic) bond motifs is 4. The van der Waals surface area contributed by atoms with Crippen molar-refractivity contribution in [3.8, 4) is 6.01 Å². The molecule has 7 rings (SSSR count). The molecule has 1 aromatic heterocycles. The van der Waals surface area contributed by atoms with E-state index < -0.39 is 40.9 Å². The third-order valence-corrected chi connectivity index (χ3v) is 9.56. The number of nitrogens with zero attached hydrogens (tertiary/aromatic N) is 4. The Balaban J connectivity index is 1.25. The maximum absolute atomic E-state index is 15.3. The summed E-state index contributed by atoms with van der Waals surface area (Å²) in [6.45, 7) is 3.75. The third kappa shape index (κ3) is 4.77. The number of rotatable bonds is 5. The van der Waals surface area contributed by atoms with Crippen molar-refractivity contribution < 1.29 is 36.2 Å². The first kappa shape index (κ1) is 28.0. The van der Waals surface area contributed by atoms with E-state index in [0.717, 1.165) is 38.3 Å². The molecule has 5 unspecified atom stereocenters. The number of anilines is 2. The van der Waals surface area contributed by atoms with Gasteiger partial charge < -0.3 is 24.8 Å². The summed E-state index contributed by atoms with van der Waals surface area (Å²) < 4.78 is 90.2. The Kier molecular flexibility index (Phi) is 6.78. The monoisotopic (exact) mass is 595 g/mol. The Bertz CT molecular complexity index is 1380. The van der Waals surface area contributed by atoms with Gasteiger partial charge in [0, 0.05) is 43.6 Å². The second-order valence-electron chi connectivity index (χ2n) is 12.4. The van der Waals surface area contributed by atoms with Crippen LogP contribution in [0.3, 0.4) is 0 Å². The van der Waals surface area contributed by atoms with Crippen LogP contribution in [0.1, 0.15) is 66.2 Å². The van der Waals surface area contributed by atoms with E-state index in [1.165, 1.54) is 6.92 Å². The molecule has 2 aromatic rings. The summed E-state index contributed by atoms with van der Waals surface area (Å²) >= 11 is 0. The van der Waals surface area contributed by atoms with Crippen molar-refractivity contribution in [3.63, 3.8) is 0 Å². The number of alkyl halides is 4. The Morgan fingerprint density at radius 1 is 1.17 bits per heavy atom. The minimum atomic E-state index is -4.81. The van der Waals surface area contributed by atoms with Gasteiger partial charge in [0.05, 0.1) is 47.4 Å². The summed E-state index contributed by atoms with van der Waals surface area (Å²) in [4.78, 5) is 13.6. The molecule has 0 aliphatic carbocycles. The first-order valence-electron chi connectivity index (χ1n) is 14.6. The molecule has 5 atom stereocenters. The largest absolute Gasteiger partial charge is 0.461 e. The molecule has 8 nitrogen and oxygen atoms in total. The molecule has 228 valence electrons. The van der Waals surface area contributed by atoms with Gasteiger partial charge in [-0.1, -0.05) is 0 Å². The normalized spacial score (nSPS) is 31.0. The minimum absolute atomic E-state index is 0.0561. The molecule has 4 fully saturated rings. The highest BCUT2D eigenvalue weighted by Gasteiger charge is 2.49. The fourth-order valence-corrected chi connectivity index (χ4v) is 7.70. The fourth-order valence-electron chi connectivity index (χ4n) is 7.70. The summed E-state index contributed by atoms with van der Waals surface area (Å²) in [5.74, 6) is -0.552. The molecule has 1 aromatic carbocycles. The van der Waals surface area contributed by atoms with Gasteiger partial charge >= 0.3 is 12.2 Å². The van der Waals surface area contributed by atoms with Crippen LogP contribution < -0.4 is 15.4 Å². The predicted octanol–water partition coefficient (Wildman–Crippen LogP) is 4.66. The van der Waals surface area contributed by atoms with E-state index in [0.29, 0.717) is 43.1 Å². The van der Waals surface area contributed by atoms with Crippen LogP contribution in [-0.2, 0) is 28.7 Å². The van der Waals surface area contributed by atoms with Crippen LogP contribution in [0, 0.1) is 12.7 Å². The number of halogens is 5. The average Bonchev–Trinajstić information content (AvgIpc) is 3.58. The topological polar surface area (TPSA) is 86.0 Å². The Morgan fingerprint density at radius 3 is 2.67 bits per heavy atom. The highest BCUT2D eigenvalue weighted by molar-refractivity contribution is 5.55. The van der Waals surface area contributed by atoms with Crippen molar-refractivity contribution in [3.05, 3.63) is 39.8 Å². The predicted molar refractivity (Wildman–Crippen MR) is 142 cm³/mol. The first-order valence-corrected chi connectivity index (χ1v) is 14.6. The molecular weight excluding hydrogens is 561 g/mol. The average molecular weight is 596 g/mol. The van der Waals surface area contributed by atoms with Crippen LogP contribution in [0.15, 0.2) is 6.07 Å². The van der Waals surface area contributed by atoms with Crippen molar-refractivity contribution in [2.45, 2.75) is 88.3 Å². The molecule has 0 spiro atoms. The summed E-state index contributed by atoms with van der Waals surface area (Å²) in [6.07, 6.45) is -2.99. The van der Waals surface area contributed by atoms with E-state index in [1.54, 1.807) is 0 Å². The van der Waals surface area contributed by atoms with Gasteiger partial charge in [0.25, 0.3) is 0 Å². The maximum atomic E-state index is 15.3. The molecule has 2 bridgehead atoms. The molecule has 0 amide bonds. The Labute approximate surface area is 240 Å². The summed E-state index contributed by atoms with van der Waals surface area (Å²) in [6, 6.07) is 1.07. The first-order chi connectivity index (χ1) is 20.0. The van der Waals surface area contributed by atoms with E-state index in [1.807, 2.05) is 0 Å². The zero-order chi connectivity index (χ0) is 29.4. The van der Waals surface area contributed by atoms with Crippen LogP contribution >= 0.6 is 0 Å². The zero-order valence-corrected chi connectivity index (χ0v) is 23.4. The molecule has 42 heavy (non-hydrogen) atoms. The minimum Gasteiger partial charge on any atom is -0.461 e. The second-order valence-corrected chi connectivity index (χ2v) is 12.4. The number of morpholine rings is 1. The molecule has 4 saturated heterocycles. The van der Waals surface area contributed by atoms with Gasteiger partial charge in [-0.15, -0.1) is 0 Å². The Hall–Kier alpha value is -2.77. The number of benzene rings is 1. The van der Waals surface area contributed by atoms with Crippen LogP contribution in [0.5, 0.6) is 6.01 Å². The van der Waals surface area contributed by atoms with E-state index in [9.17, 15) is 17.6 Å². The highest BCUT2D eigenvalue weighted by atomic mass is 19.4. The number of nitrogens with two attached hydrogens (primary N) is 1. The summed E-state index contributed by atoms with van der Waals surface area (Å²) in [7, 11) is 0. The van der Waals surface area contributed by atoms with Crippen LogP contribution in [0.25, 0.3) is 0 Å². The van der Waals surface area contributed by atoms with Crippen molar-refractivity contribution >= 4 is 11.5 Å². The van der Waals surface area contributed by atoms with Gasteiger partial charge in [-0.2, -0.15) is 23.1 Å². The smallest absolute Gasteiger partial charge is 0.417 e.